The fraction of sp³-hybridized carbons (Fsp3) is 0.333. The first kappa shape index (κ1) is 13.0. The molecule has 3 rings (SSSR count). The van der Waals surface area contributed by atoms with Crippen LogP contribution < -0.4 is 0 Å². The van der Waals surface area contributed by atoms with E-state index < -0.39 is 0 Å². The van der Waals surface area contributed by atoms with Gasteiger partial charge in [0, 0.05) is 0 Å². The lowest BCUT2D eigenvalue weighted by atomic mass is 9.87. The number of fused-ring (bicyclic) bond motifs is 1. The Hall–Kier alpha value is -1.96. The highest BCUT2D eigenvalue weighted by atomic mass is 16.3. The van der Waals surface area contributed by atoms with Gasteiger partial charge in [-0.25, -0.2) is 0 Å². The van der Waals surface area contributed by atoms with Crippen molar-refractivity contribution >= 4 is 0 Å². The van der Waals surface area contributed by atoms with Crippen LogP contribution in [0, 0.1) is 13.8 Å². The minimum atomic E-state index is -0.0522. The number of phenolic OH excluding ortho intramolecular Hbond substituents is 2. The average molecular weight is 268 g/mol. The highest BCUT2D eigenvalue weighted by molar-refractivity contribution is 5.48. The summed E-state index contributed by atoms with van der Waals surface area (Å²) < 4.78 is 0. The summed E-state index contributed by atoms with van der Waals surface area (Å²) in [5, 5.41) is 19.2. The first-order valence-electron chi connectivity index (χ1n) is 7.09. The topological polar surface area (TPSA) is 40.5 Å². The zero-order valence-corrected chi connectivity index (χ0v) is 12.1. The van der Waals surface area contributed by atoms with Crippen molar-refractivity contribution in [3.05, 3.63) is 58.1 Å². The van der Waals surface area contributed by atoms with Crippen molar-refractivity contribution < 1.29 is 10.2 Å². The van der Waals surface area contributed by atoms with Gasteiger partial charge in [0.15, 0.2) is 11.5 Å². The summed E-state index contributed by atoms with van der Waals surface area (Å²) >= 11 is 0. The molecule has 0 bridgehead atoms. The first-order valence-corrected chi connectivity index (χ1v) is 7.09. The fourth-order valence-corrected chi connectivity index (χ4v) is 3.31. The number of aryl methyl sites for hydroxylation is 2. The third-order valence-electron chi connectivity index (χ3n) is 4.72. The van der Waals surface area contributed by atoms with Gasteiger partial charge < -0.3 is 10.2 Å². The van der Waals surface area contributed by atoms with E-state index >= 15 is 0 Å². The lowest BCUT2D eigenvalue weighted by Crippen LogP contribution is -2.02. The number of aromatic hydroxyl groups is 2. The fourth-order valence-electron chi connectivity index (χ4n) is 3.31. The normalized spacial score (nSPS) is 20.9. The van der Waals surface area contributed by atoms with Crippen molar-refractivity contribution in [1.29, 1.82) is 0 Å². The summed E-state index contributed by atoms with van der Waals surface area (Å²) in [5.41, 5.74) is 6.61. The number of rotatable bonds is 1. The minimum absolute atomic E-state index is 0.0296. The van der Waals surface area contributed by atoms with Crippen molar-refractivity contribution in [3.8, 4) is 11.5 Å². The van der Waals surface area contributed by atoms with E-state index in [2.05, 4.69) is 32.9 Å². The van der Waals surface area contributed by atoms with Gasteiger partial charge >= 0.3 is 0 Å². The molecule has 0 aliphatic heterocycles. The Kier molecular flexibility index (Phi) is 2.97. The number of hydrogen-bond donors (Lipinski definition) is 2. The Labute approximate surface area is 119 Å². The van der Waals surface area contributed by atoms with Gasteiger partial charge in [0.2, 0.25) is 0 Å². The maximum absolute atomic E-state index is 9.70. The van der Waals surface area contributed by atoms with Crippen LogP contribution in [0.15, 0.2) is 30.3 Å². The molecule has 104 valence electrons. The molecular weight excluding hydrogens is 248 g/mol. The molecule has 2 heteroatoms. The maximum atomic E-state index is 9.70. The first-order chi connectivity index (χ1) is 9.47. The summed E-state index contributed by atoms with van der Waals surface area (Å²) in [4.78, 5) is 0. The highest BCUT2D eigenvalue weighted by Crippen LogP contribution is 2.45. The maximum Gasteiger partial charge on any atom is 0.157 e. The van der Waals surface area contributed by atoms with E-state index in [0.29, 0.717) is 11.8 Å². The van der Waals surface area contributed by atoms with E-state index in [1.807, 2.05) is 6.07 Å². The Morgan fingerprint density at radius 3 is 2.35 bits per heavy atom. The number of benzene rings is 2. The molecule has 1 aliphatic carbocycles. The van der Waals surface area contributed by atoms with E-state index in [-0.39, 0.29) is 11.5 Å². The van der Waals surface area contributed by atoms with Gasteiger partial charge in [0.05, 0.1) is 0 Å². The monoisotopic (exact) mass is 268 g/mol. The molecule has 0 amide bonds. The van der Waals surface area contributed by atoms with E-state index in [1.54, 1.807) is 12.1 Å². The molecule has 2 atom stereocenters. The number of phenols is 2. The summed E-state index contributed by atoms with van der Waals surface area (Å²) in [7, 11) is 0. The Morgan fingerprint density at radius 2 is 1.65 bits per heavy atom. The SMILES string of the molecule is Cc1cc2c(cc1C)[C@H](C)[C@@H](c1ccc(O)c(O)c1)C2. The van der Waals surface area contributed by atoms with Crippen molar-refractivity contribution in [2.75, 3.05) is 0 Å². The summed E-state index contributed by atoms with van der Waals surface area (Å²) in [6.07, 6.45) is 1.00. The van der Waals surface area contributed by atoms with Crippen LogP contribution in [0.25, 0.3) is 0 Å². The summed E-state index contributed by atoms with van der Waals surface area (Å²) in [6.45, 7) is 6.55. The molecule has 2 aromatic rings. The van der Waals surface area contributed by atoms with Gasteiger partial charge in [-0.2, -0.15) is 0 Å². The lowest BCUT2D eigenvalue weighted by molar-refractivity contribution is 0.402. The third-order valence-corrected chi connectivity index (χ3v) is 4.72. The van der Waals surface area contributed by atoms with E-state index in [0.717, 1.165) is 12.0 Å². The van der Waals surface area contributed by atoms with E-state index in [1.165, 1.54) is 22.3 Å². The van der Waals surface area contributed by atoms with Gasteiger partial charge in [-0.1, -0.05) is 25.1 Å². The molecule has 20 heavy (non-hydrogen) atoms. The van der Waals surface area contributed by atoms with E-state index in [4.69, 9.17) is 0 Å². The van der Waals surface area contributed by atoms with Crippen LogP contribution in [0.1, 0.15) is 46.6 Å². The van der Waals surface area contributed by atoms with E-state index in [9.17, 15) is 10.2 Å². The molecule has 0 aromatic heterocycles. The molecule has 0 unspecified atom stereocenters. The van der Waals surface area contributed by atoms with Crippen LogP contribution >= 0.6 is 0 Å². The predicted octanol–water partition coefficient (Wildman–Crippen LogP) is 4.16. The van der Waals surface area contributed by atoms with Crippen LogP contribution in [-0.2, 0) is 6.42 Å². The molecule has 1 aliphatic rings. The standard InChI is InChI=1S/C18H20O2/c1-10-6-14-8-16(12(3)15(14)7-11(10)2)13-4-5-17(19)18(20)9-13/h4-7,9,12,16,19-20H,8H2,1-3H3/t12-,16-/m0/s1. The van der Waals surface area contributed by atoms with Crippen LogP contribution in [0.2, 0.25) is 0 Å². The molecular formula is C18H20O2. The van der Waals surface area contributed by atoms with Gasteiger partial charge in [0.1, 0.15) is 0 Å². The van der Waals surface area contributed by atoms with Crippen molar-refractivity contribution in [2.24, 2.45) is 0 Å². The second-order valence-electron chi connectivity index (χ2n) is 5.98. The third kappa shape index (κ3) is 1.96. The molecule has 2 N–H and O–H groups in total. The largest absolute Gasteiger partial charge is 0.504 e. The second kappa shape index (κ2) is 4.55. The lowest BCUT2D eigenvalue weighted by Gasteiger charge is -2.17. The molecule has 2 nitrogen and oxygen atoms in total. The summed E-state index contributed by atoms with van der Waals surface area (Å²) in [5.74, 6) is 0.729. The molecule has 0 saturated carbocycles. The zero-order valence-electron chi connectivity index (χ0n) is 12.1. The minimum Gasteiger partial charge on any atom is -0.504 e. The smallest absolute Gasteiger partial charge is 0.157 e. The highest BCUT2D eigenvalue weighted by Gasteiger charge is 2.31. The molecule has 0 radical (unpaired) electrons. The van der Waals surface area contributed by atoms with Gasteiger partial charge in [-0.3, -0.25) is 0 Å². The van der Waals surface area contributed by atoms with Crippen molar-refractivity contribution in [2.45, 2.75) is 39.0 Å². The Bertz CT molecular complexity index is 673. The van der Waals surface area contributed by atoms with Crippen molar-refractivity contribution in [1.82, 2.24) is 0 Å². The van der Waals surface area contributed by atoms with Gasteiger partial charge in [-0.15, -0.1) is 0 Å². The zero-order chi connectivity index (χ0) is 14.4. The molecule has 2 aromatic carbocycles. The molecule has 0 fully saturated rings. The second-order valence-corrected chi connectivity index (χ2v) is 5.98. The Morgan fingerprint density at radius 1 is 0.950 bits per heavy atom. The average Bonchev–Trinajstić information content (AvgIpc) is 2.71. The van der Waals surface area contributed by atoms with Gasteiger partial charge in [0.25, 0.3) is 0 Å². The molecule has 0 saturated heterocycles. The summed E-state index contributed by atoms with van der Waals surface area (Å²) in [6, 6.07) is 9.79. The van der Waals surface area contributed by atoms with Gasteiger partial charge in [-0.05, 0) is 72.1 Å². The van der Waals surface area contributed by atoms with Crippen LogP contribution in [0.5, 0.6) is 11.5 Å². The van der Waals surface area contributed by atoms with Crippen LogP contribution in [0.4, 0.5) is 0 Å². The Balaban J connectivity index is 2.00. The van der Waals surface area contributed by atoms with Crippen LogP contribution in [0.3, 0.4) is 0 Å². The van der Waals surface area contributed by atoms with Crippen LogP contribution in [-0.4, -0.2) is 10.2 Å². The number of hydrogen-bond acceptors (Lipinski definition) is 2. The molecule has 0 heterocycles. The molecule has 0 spiro atoms. The predicted molar refractivity (Wildman–Crippen MR) is 80.5 cm³/mol. The van der Waals surface area contributed by atoms with Crippen molar-refractivity contribution in [3.63, 3.8) is 0 Å². The quantitative estimate of drug-likeness (QED) is 0.762.